The molecule has 0 spiro atoms. The molecule has 0 bridgehead atoms. The van der Waals surface area contributed by atoms with Gasteiger partial charge in [-0.3, -0.25) is 9.59 Å². The van der Waals surface area contributed by atoms with Crippen LogP contribution in [0.2, 0.25) is 0 Å². The summed E-state index contributed by atoms with van der Waals surface area (Å²) in [5, 5.41) is 3.01. The molecule has 2 aromatic rings. The first-order chi connectivity index (χ1) is 15.6. The van der Waals surface area contributed by atoms with Crippen molar-refractivity contribution in [3.63, 3.8) is 0 Å². The summed E-state index contributed by atoms with van der Waals surface area (Å²) in [5.41, 5.74) is 2.31. The van der Waals surface area contributed by atoms with Crippen LogP contribution in [0.25, 0.3) is 0 Å². The molecular formula is C26H36N2O3S. The maximum Gasteiger partial charge on any atom is 0.242 e. The minimum atomic E-state index is -0.440. The number of nitrogens with one attached hydrogen (secondary N) is 1. The van der Waals surface area contributed by atoms with Gasteiger partial charge in [0.2, 0.25) is 11.8 Å². The number of nitrogens with zero attached hydrogens (tertiary/aromatic N) is 1. The summed E-state index contributed by atoms with van der Waals surface area (Å²) in [4.78, 5) is 27.8. The van der Waals surface area contributed by atoms with E-state index in [-0.39, 0.29) is 11.8 Å². The highest BCUT2D eigenvalue weighted by Crippen LogP contribution is 2.18. The van der Waals surface area contributed by atoms with Gasteiger partial charge < -0.3 is 15.0 Å². The fraction of sp³-hybridized carbons (Fsp3) is 0.462. The Morgan fingerprint density at radius 2 is 1.75 bits per heavy atom. The molecule has 6 heteroatoms. The Bertz CT molecular complexity index is 812. The van der Waals surface area contributed by atoms with Gasteiger partial charge in [0, 0.05) is 18.8 Å². The predicted octanol–water partition coefficient (Wildman–Crippen LogP) is 4.69. The van der Waals surface area contributed by atoms with Gasteiger partial charge in [-0.25, -0.2) is 0 Å². The largest absolute Gasteiger partial charge is 0.497 e. The molecule has 2 aromatic carbocycles. The van der Waals surface area contributed by atoms with Crippen molar-refractivity contribution < 1.29 is 14.3 Å². The second kappa shape index (κ2) is 14.6. The fourth-order valence-corrected chi connectivity index (χ4v) is 4.33. The van der Waals surface area contributed by atoms with Gasteiger partial charge in [-0.1, -0.05) is 62.7 Å². The summed E-state index contributed by atoms with van der Waals surface area (Å²) in [7, 11) is 1.65. The molecule has 32 heavy (non-hydrogen) atoms. The van der Waals surface area contributed by atoms with Crippen molar-refractivity contribution in [2.75, 3.05) is 26.0 Å². The topological polar surface area (TPSA) is 58.6 Å². The maximum atomic E-state index is 13.2. The van der Waals surface area contributed by atoms with Crippen LogP contribution in [0.15, 0.2) is 54.6 Å². The smallest absolute Gasteiger partial charge is 0.242 e. The van der Waals surface area contributed by atoms with E-state index in [1.54, 1.807) is 23.8 Å². The zero-order chi connectivity index (χ0) is 23.2. The first-order valence-corrected chi connectivity index (χ1v) is 12.6. The number of carbonyl (C=O) groups excluding carboxylic acids is 2. The van der Waals surface area contributed by atoms with Crippen molar-refractivity contribution in [3.05, 3.63) is 65.7 Å². The van der Waals surface area contributed by atoms with Crippen LogP contribution in [0.5, 0.6) is 5.75 Å². The lowest BCUT2D eigenvalue weighted by atomic mass is 10.1. The van der Waals surface area contributed by atoms with E-state index in [9.17, 15) is 9.59 Å². The number of amides is 2. The van der Waals surface area contributed by atoms with Crippen LogP contribution in [0.4, 0.5) is 0 Å². The van der Waals surface area contributed by atoms with E-state index < -0.39 is 6.04 Å². The highest BCUT2D eigenvalue weighted by Gasteiger charge is 2.27. The number of thioether (sulfide) groups is 1. The third-order valence-corrected chi connectivity index (χ3v) is 6.34. The van der Waals surface area contributed by atoms with Crippen LogP contribution >= 0.6 is 11.8 Å². The van der Waals surface area contributed by atoms with Crippen LogP contribution in [-0.4, -0.2) is 48.7 Å². The number of rotatable bonds is 14. The predicted molar refractivity (Wildman–Crippen MR) is 133 cm³/mol. The highest BCUT2D eigenvalue weighted by molar-refractivity contribution is 7.99. The SMILES string of the molecule is CCCCNC(=O)[C@H](CC)N(CCc1ccccc1)C(=O)CSCc1ccc(OC)cc1. The zero-order valence-corrected chi connectivity index (χ0v) is 20.3. The molecule has 174 valence electrons. The van der Waals surface area contributed by atoms with E-state index in [1.165, 1.54) is 0 Å². The van der Waals surface area contributed by atoms with Crippen LogP contribution in [0.1, 0.15) is 44.2 Å². The summed E-state index contributed by atoms with van der Waals surface area (Å²) in [6.45, 7) is 5.25. The van der Waals surface area contributed by atoms with E-state index in [0.717, 1.165) is 41.9 Å². The molecule has 0 aliphatic carbocycles. The minimum absolute atomic E-state index is 0.0111. The molecule has 0 heterocycles. The third kappa shape index (κ3) is 8.58. The Morgan fingerprint density at radius 3 is 2.38 bits per heavy atom. The lowest BCUT2D eigenvalue weighted by Crippen LogP contribution is -2.50. The summed E-state index contributed by atoms with van der Waals surface area (Å²) >= 11 is 1.58. The molecule has 1 N–H and O–H groups in total. The Labute approximate surface area is 196 Å². The Balaban J connectivity index is 2.01. The van der Waals surface area contributed by atoms with Gasteiger partial charge in [0.05, 0.1) is 12.9 Å². The number of ether oxygens (including phenoxy) is 1. The number of carbonyl (C=O) groups is 2. The number of hydrogen-bond donors (Lipinski definition) is 1. The zero-order valence-electron chi connectivity index (χ0n) is 19.5. The van der Waals surface area contributed by atoms with Crippen molar-refractivity contribution in [2.24, 2.45) is 0 Å². The van der Waals surface area contributed by atoms with Gasteiger partial charge in [-0.05, 0) is 42.5 Å². The summed E-state index contributed by atoms with van der Waals surface area (Å²) in [6, 6.07) is 17.5. The van der Waals surface area contributed by atoms with Gasteiger partial charge in [-0.2, -0.15) is 0 Å². The summed E-state index contributed by atoms with van der Waals surface area (Å²) < 4.78 is 5.20. The third-order valence-electron chi connectivity index (χ3n) is 5.35. The van der Waals surface area contributed by atoms with Crippen LogP contribution in [-0.2, 0) is 21.8 Å². The van der Waals surface area contributed by atoms with Crippen molar-refractivity contribution >= 4 is 23.6 Å². The molecule has 0 aliphatic heterocycles. The number of methoxy groups -OCH3 is 1. The normalized spacial score (nSPS) is 11.6. The lowest BCUT2D eigenvalue weighted by molar-refractivity contribution is -0.138. The monoisotopic (exact) mass is 456 g/mol. The second-order valence-corrected chi connectivity index (χ2v) is 8.72. The van der Waals surface area contributed by atoms with Crippen molar-refractivity contribution in [2.45, 2.75) is 51.3 Å². The molecule has 1 atom stereocenters. The average molecular weight is 457 g/mol. The summed E-state index contributed by atoms with van der Waals surface area (Å²) in [6.07, 6.45) is 3.30. The van der Waals surface area contributed by atoms with E-state index in [0.29, 0.717) is 25.3 Å². The number of unbranched alkanes of at least 4 members (excludes halogenated alkanes) is 1. The highest BCUT2D eigenvalue weighted by atomic mass is 32.2. The van der Waals surface area contributed by atoms with Crippen LogP contribution in [0.3, 0.4) is 0 Å². The lowest BCUT2D eigenvalue weighted by Gasteiger charge is -2.30. The van der Waals surface area contributed by atoms with Gasteiger partial charge in [0.25, 0.3) is 0 Å². The van der Waals surface area contributed by atoms with Gasteiger partial charge in [0.1, 0.15) is 11.8 Å². The van der Waals surface area contributed by atoms with Crippen LogP contribution in [0, 0.1) is 0 Å². The molecule has 0 radical (unpaired) electrons. The standard InChI is InChI=1S/C26H36N2O3S/c1-4-6-17-27-26(30)24(5-2)28(18-16-21-10-8-7-9-11-21)25(29)20-32-19-22-12-14-23(31-3)15-13-22/h7-15,24H,4-6,16-20H2,1-3H3,(H,27,30)/t24-/m0/s1. The van der Waals surface area contributed by atoms with Crippen molar-refractivity contribution in [1.29, 1.82) is 0 Å². The van der Waals surface area contributed by atoms with E-state index in [2.05, 4.69) is 24.4 Å². The molecule has 0 aliphatic rings. The number of benzene rings is 2. The van der Waals surface area contributed by atoms with Gasteiger partial charge in [0.15, 0.2) is 0 Å². The second-order valence-electron chi connectivity index (χ2n) is 7.73. The Morgan fingerprint density at radius 1 is 1.03 bits per heavy atom. The quantitative estimate of drug-likeness (QED) is 0.419. The van der Waals surface area contributed by atoms with Crippen molar-refractivity contribution in [1.82, 2.24) is 10.2 Å². The van der Waals surface area contributed by atoms with Crippen molar-refractivity contribution in [3.8, 4) is 5.75 Å². The average Bonchev–Trinajstić information content (AvgIpc) is 2.82. The Kier molecular flexibility index (Phi) is 11.7. The van der Waals surface area contributed by atoms with E-state index >= 15 is 0 Å². The maximum absolute atomic E-state index is 13.2. The molecule has 0 unspecified atom stereocenters. The van der Waals surface area contributed by atoms with E-state index in [1.807, 2.05) is 49.4 Å². The summed E-state index contributed by atoms with van der Waals surface area (Å²) in [5.74, 6) is 1.86. The molecule has 2 rings (SSSR count). The molecular weight excluding hydrogens is 420 g/mol. The molecule has 0 saturated carbocycles. The molecule has 0 saturated heterocycles. The molecule has 0 fully saturated rings. The van der Waals surface area contributed by atoms with Crippen LogP contribution < -0.4 is 10.1 Å². The molecule has 0 aromatic heterocycles. The minimum Gasteiger partial charge on any atom is -0.497 e. The molecule has 2 amide bonds. The fourth-order valence-electron chi connectivity index (χ4n) is 3.46. The first kappa shape index (κ1) is 25.8. The molecule has 5 nitrogen and oxygen atoms in total. The van der Waals surface area contributed by atoms with E-state index in [4.69, 9.17) is 4.74 Å². The number of hydrogen-bond acceptors (Lipinski definition) is 4. The van der Waals surface area contributed by atoms with Gasteiger partial charge in [-0.15, -0.1) is 11.8 Å². The first-order valence-electron chi connectivity index (χ1n) is 11.4. The van der Waals surface area contributed by atoms with Gasteiger partial charge >= 0.3 is 0 Å². The Hall–Kier alpha value is -2.47.